The Hall–Kier alpha value is -1.53. The van der Waals surface area contributed by atoms with Gasteiger partial charge < -0.3 is 14.9 Å². The Morgan fingerprint density at radius 1 is 1.28 bits per heavy atom. The first-order chi connectivity index (χ1) is 13.7. The number of halogens is 1. The first-order valence-corrected chi connectivity index (χ1v) is 10.7. The molecule has 0 aromatic rings. The predicted octanol–water partition coefficient (Wildman–Crippen LogP) is 3.99. The van der Waals surface area contributed by atoms with E-state index >= 15 is 0 Å². The highest BCUT2D eigenvalue weighted by molar-refractivity contribution is 5.90. The number of aliphatic imine (C=N–C) groups is 1. The van der Waals surface area contributed by atoms with E-state index < -0.39 is 24.3 Å². The van der Waals surface area contributed by atoms with Gasteiger partial charge in [0.1, 0.15) is 6.17 Å². The van der Waals surface area contributed by atoms with Crippen molar-refractivity contribution >= 4 is 11.7 Å². The van der Waals surface area contributed by atoms with E-state index in [1.807, 2.05) is 13.0 Å². The number of ether oxygens (including phenoxy) is 1. The molecule has 2 aliphatic rings. The molecule has 1 aliphatic carbocycles. The van der Waals surface area contributed by atoms with Gasteiger partial charge >= 0.3 is 5.97 Å². The van der Waals surface area contributed by atoms with Crippen LogP contribution in [0.4, 0.5) is 4.39 Å². The number of hydrogen-bond donors (Lipinski definition) is 2. The molecule has 0 amide bonds. The molecule has 164 valence electrons. The van der Waals surface area contributed by atoms with Crippen molar-refractivity contribution in [3.63, 3.8) is 0 Å². The molecule has 0 bridgehead atoms. The Morgan fingerprint density at radius 3 is 2.59 bits per heavy atom. The number of aliphatic hydroxyl groups is 2. The molecule has 0 aromatic carbocycles. The van der Waals surface area contributed by atoms with Crippen molar-refractivity contribution in [2.75, 3.05) is 7.11 Å². The summed E-state index contributed by atoms with van der Waals surface area (Å²) in [5.41, 5.74) is 2.13. The zero-order valence-electron chi connectivity index (χ0n) is 18.1. The van der Waals surface area contributed by atoms with Crippen molar-refractivity contribution in [1.29, 1.82) is 0 Å². The van der Waals surface area contributed by atoms with Crippen LogP contribution in [-0.2, 0) is 9.53 Å². The topological polar surface area (TPSA) is 79.1 Å². The van der Waals surface area contributed by atoms with Crippen LogP contribution in [0.3, 0.4) is 0 Å². The van der Waals surface area contributed by atoms with E-state index in [1.165, 1.54) is 7.11 Å². The van der Waals surface area contributed by atoms with Crippen LogP contribution in [0.5, 0.6) is 0 Å². The van der Waals surface area contributed by atoms with Gasteiger partial charge in [-0.25, -0.2) is 4.39 Å². The van der Waals surface area contributed by atoms with E-state index in [9.17, 15) is 19.4 Å². The van der Waals surface area contributed by atoms with Crippen LogP contribution in [0.15, 0.2) is 28.9 Å². The van der Waals surface area contributed by atoms with Crippen molar-refractivity contribution in [3.05, 3.63) is 23.9 Å². The largest absolute Gasteiger partial charge is 0.469 e. The second-order valence-electron chi connectivity index (χ2n) is 8.73. The lowest BCUT2D eigenvalue weighted by Crippen LogP contribution is -2.35. The molecule has 6 unspecified atom stereocenters. The Balaban J connectivity index is 2.05. The first-order valence-electron chi connectivity index (χ1n) is 10.7. The highest BCUT2D eigenvalue weighted by Crippen LogP contribution is 2.39. The lowest BCUT2D eigenvalue weighted by Gasteiger charge is -2.37. The number of rotatable bonds is 9. The molecule has 0 aromatic heterocycles. The van der Waals surface area contributed by atoms with E-state index in [0.29, 0.717) is 12.8 Å². The molecule has 0 saturated carbocycles. The maximum atomic E-state index is 13.6. The van der Waals surface area contributed by atoms with Crippen molar-refractivity contribution in [1.82, 2.24) is 0 Å². The molecular formula is C23H36FNO4. The standard InChI is InChI=1S/C23H36FNO4/c1-14(2)23-20(10-9-18(26)12-19(27)13-22(28)29-4)21(11-15(3)25-23)16-5-7-17(24)8-6-16/h5,7,11,14,16-21,26-27H,6,8-10,12-13H2,1-4H3. The van der Waals surface area contributed by atoms with Gasteiger partial charge in [0.15, 0.2) is 0 Å². The minimum absolute atomic E-state index is 0.114. The molecule has 1 aliphatic heterocycles. The van der Waals surface area contributed by atoms with Crippen LogP contribution in [0.2, 0.25) is 0 Å². The summed E-state index contributed by atoms with van der Waals surface area (Å²) in [7, 11) is 1.28. The normalized spacial score (nSPS) is 29.2. The molecular weight excluding hydrogens is 373 g/mol. The van der Waals surface area contributed by atoms with Gasteiger partial charge in [0.2, 0.25) is 0 Å². The number of methoxy groups -OCH3 is 1. The molecule has 2 N–H and O–H groups in total. The number of carbonyl (C=O) groups excluding carboxylic acids is 1. The van der Waals surface area contributed by atoms with E-state index in [2.05, 4.69) is 24.7 Å². The van der Waals surface area contributed by atoms with Gasteiger partial charge in [-0.05, 0) is 56.8 Å². The summed E-state index contributed by atoms with van der Waals surface area (Å²) >= 11 is 0. The first kappa shape index (κ1) is 23.7. The average Bonchev–Trinajstić information content (AvgIpc) is 2.66. The van der Waals surface area contributed by atoms with Gasteiger partial charge in [0.25, 0.3) is 0 Å². The van der Waals surface area contributed by atoms with Crippen molar-refractivity contribution in [3.8, 4) is 0 Å². The Bertz CT molecular complexity index is 643. The van der Waals surface area contributed by atoms with E-state index in [4.69, 9.17) is 4.99 Å². The van der Waals surface area contributed by atoms with Gasteiger partial charge in [0, 0.05) is 17.3 Å². The molecule has 2 rings (SSSR count). The molecule has 0 spiro atoms. The summed E-state index contributed by atoms with van der Waals surface area (Å²) < 4.78 is 18.1. The molecule has 5 nitrogen and oxygen atoms in total. The summed E-state index contributed by atoms with van der Waals surface area (Å²) in [4.78, 5) is 16.1. The Labute approximate surface area is 173 Å². The third-order valence-electron chi connectivity index (χ3n) is 6.00. The molecule has 0 saturated heterocycles. The van der Waals surface area contributed by atoms with Crippen molar-refractivity contribution < 1.29 is 24.1 Å². The number of esters is 1. The van der Waals surface area contributed by atoms with Crippen molar-refractivity contribution in [2.45, 2.75) is 77.7 Å². The Kier molecular flexibility index (Phi) is 9.03. The highest BCUT2D eigenvalue weighted by atomic mass is 19.1. The van der Waals surface area contributed by atoms with Crippen LogP contribution in [0.25, 0.3) is 0 Å². The molecule has 0 radical (unpaired) electrons. The Morgan fingerprint density at radius 2 is 2.00 bits per heavy atom. The van der Waals surface area contributed by atoms with Gasteiger partial charge in [-0.15, -0.1) is 0 Å². The summed E-state index contributed by atoms with van der Waals surface area (Å²) in [5.74, 6) is 0.489. The summed E-state index contributed by atoms with van der Waals surface area (Å²) in [6.45, 7) is 6.27. The maximum Gasteiger partial charge on any atom is 0.308 e. The van der Waals surface area contributed by atoms with Crippen LogP contribution in [0.1, 0.15) is 59.3 Å². The third-order valence-corrected chi connectivity index (χ3v) is 6.00. The van der Waals surface area contributed by atoms with Crippen LogP contribution < -0.4 is 0 Å². The summed E-state index contributed by atoms with van der Waals surface area (Å²) in [6, 6.07) is 0. The second-order valence-corrected chi connectivity index (χ2v) is 8.73. The van der Waals surface area contributed by atoms with E-state index in [1.54, 1.807) is 6.08 Å². The smallest absolute Gasteiger partial charge is 0.308 e. The fourth-order valence-corrected chi connectivity index (χ4v) is 4.53. The minimum Gasteiger partial charge on any atom is -0.469 e. The monoisotopic (exact) mass is 409 g/mol. The van der Waals surface area contributed by atoms with Crippen molar-refractivity contribution in [2.24, 2.45) is 28.7 Å². The van der Waals surface area contributed by atoms with Gasteiger partial charge in [-0.2, -0.15) is 0 Å². The number of allylic oxidation sites excluding steroid dienone is 4. The quantitative estimate of drug-likeness (QED) is 0.446. The van der Waals surface area contributed by atoms with E-state index in [-0.39, 0.29) is 36.5 Å². The lowest BCUT2D eigenvalue weighted by atomic mass is 9.70. The molecule has 6 heteroatoms. The minimum atomic E-state index is -0.914. The number of carbonyl (C=O) groups is 1. The second kappa shape index (κ2) is 11.0. The number of hydrogen-bond acceptors (Lipinski definition) is 5. The average molecular weight is 410 g/mol. The number of alkyl halides is 1. The lowest BCUT2D eigenvalue weighted by molar-refractivity contribution is -0.143. The molecule has 29 heavy (non-hydrogen) atoms. The fraction of sp³-hybridized carbons (Fsp3) is 0.739. The SMILES string of the molecule is COC(=O)CC(O)CC(O)CCC1C(C(C)C)=NC(C)=CC1C1C=CC(F)CC1. The fourth-order valence-electron chi connectivity index (χ4n) is 4.53. The summed E-state index contributed by atoms with van der Waals surface area (Å²) in [5, 5.41) is 20.4. The zero-order chi connectivity index (χ0) is 21.6. The predicted molar refractivity (Wildman–Crippen MR) is 112 cm³/mol. The maximum absolute atomic E-state index is 13.6. The van der Waals surface area contributed by atoms with Crippen LogP contribution in [0, 0.1) is 23.7 Å². The highest BCUT2D eigenvalue weighted by Gasteiger charge is 2.35. The number of nitrogens with zero attached hydrogens (tertiary/aromatic N) is 1. The third kappa shape index (κ3) is 7.03. The van der Waals surface area contributed by atoms with Gasteiger partial charge in [0.05, 0.1) is 25.7 Å². The van der Waals surface area contributed by atoms with E-state index in [0.717, 1.165) is 24.3 Å². The van der Waals surface area contributed by atoms with Crippen LogP contribution in [-0.4, -0.2) is 47.4 Å². The number of aliphatic hydroxyl groups excluding tert-OH is 2. The van der Waals surface area contributed by atoms with Gasteiger partial charge in [-0.1, -0.05) is 32.1 Å². The molecule has 1 heterocycles. The van der Waals surface area contributed by atoms with Gasteiger partial charge in [-0.3, -0.25) is 9.79 Å². The van der Waals surface area contributed by atoms with Crippen LogP contribution >= 0.6 is 0 Å². The molecule has 6 atom stereocenters. The zero-order valence-corrected chi connectivity index (χ0v) is 18.1. The molecule has 0 fully saturated rings. The summed E-state index contributed by atoms with van der Waals surface area (Å²) in [6.07, 6.45) is 6.05.